The number of benzene rings is 2. The van der Waals surface area contributed by atoms with Crippen molar-refractivity contribution in [3.63, 3.8) is 0 Å². The summed E-state index contributed by atoms with van der Waals surface area (Å²) in [6.07, 6.45) is 0. The number of hydrogen-bond donors (Lipinski definition) is 2. The van der Waals surface area contributed by atoms with E-state index in [0.29, 0.717) is 36.0 Å². The molecule has 8 nitrogen and oxygen atoms in total. The zero-order chi connectivity index (χ0) is 18.8. The minimum Gasteiger partial charge on any atom is -0.486 e. The lowest BCUT2D eigenvalue weighted by atomic mass is 10.1. The second kappa shape index (κ2) is 6.99. The van der Waals surface area contributed by atoms with Crippen LogP contribution in [0.5, 0.6) is 11.5 Å². The highest BCUT2D eigenvalue weighted by Crippen LogP contribution is 2.32. The van der Waals surface area contributed by atoms with Crippen LogP contribution in [0.25, 0.3) is 0 Å². The highest BCUT2D eigenvalue weighted by molar-refractivity contribution is 6.04. The number of carbonyl (C=O) groups is 3. The quantitative estimate of drug-likeness (QED) is 0.803. The van der Waals surface area contributed by atoms with Crippen molar-refractivity contribution in [1.29, 1.82) is 0 Å². The normalized spacial score (nSPS) is 15.5. The second-order valence-electron chi connectivity index (χ2n) is 6.15. The maximum absolute atomic E-state index is 12.4. The van der Waals surface area contributed by atoms with Crippen molar-refractivity contribution in [2.75, 3.05) is 25.1 Å². The van der Waals surface area contributed by atoms with Gasteiger partial charge in [-0.15, -0.1) is 0 Å². The molecule has 0 radical (unpaired) electrons. The predicted octanol–water partition coefficient (Wildman–Crippen LogP) is 1.76. The third-order valence-corrected chi connectivity index (χ3v) is 4.29. The number of anilines is 1. The Hall–Kier alpha value is -3.55. The van der Waals surface area contributed by atoms with Crippen LogP contribution in [0.3, 0.4) is 0 Å². The van der Waals surface area contributed by atoms with E-state index >= 15 is 0 Å². The molecule has 4 rings (SSSR count). The molecule has 2 aromatic rings. The Balaban J connectivity index is 1.42. The van der Waals surface area contributed by atoms with Crippen molar-refractivity contribution >= 4 is 23.5 Å². The van der Waals surface area contributed by atoms with E-state index in [1.54, 1.807) is 42.5 Å². The third kappa shape index (κ3) is 3.55. The van der Waals surface area contributed by atoms with E-state index in [2.05, 4.69) is 10.6 Å². The fourth-order valence-corrected chi connectivity index (χ4v) is 2.88. The van der Waals surface area contributed by atoms with Crippen LogP contribution in [0.4, 0.5) is 10.5 Å². The van der Waals surface area contributed by atoms with Gasteiger partial charge in [-0.3, -0.25) is 14.5 Å². The van der Waals surface area contributed by atoms with Crippen LogP contribution in [-0.4, -0.2) is 42.5 Å². The van der Waals surface area contributed by atoms with Crippen molar-refractivity contribution in [2.45, 2.75) is 6.54 Å². The number of nitrogens with one attached hydrogen (secondary N) is 2. The molecule has 2 N–H and O–H groups in total. The second-order valence-corrected chi connectivity index (χ2v) is 6.15. The molecule has 2 aliphatic heterocycles. The highest BCUT2D eigenvalue weighted by atomic mass is 16.6. The molecule has 0 bridgehead atoms. The van der Waals surface area contributed by atoms with E-state index < -0.39 is 6.03 Å². The lowest BCUT2D eigenvalue weighted by molar-refractivity contribution is -0.125. The van der Waals surface area contributed by atoms with Gasteiger partial charge in [0.1, 0.15) is 13.2 Å². The Morgan fingerprint density at radius 2 is 1.78 bits per heavy atom. The monoisotopic (exact) mass is 367 g/mol. The van der Waals surface area contributed by atoms with Gasteiger partial charge in [-0.05, 0) is 29.8 Å². The molecular formula is C19H17N3O5. The summed E-state index contributed by atoms with van der Waals surface area (Å²) in [7, 11) is 0. The van der Waals surface area contributed by atoms with Gasteiger partial charge < -0.3 is 20.1 Å². The number of imide groups is 1. The van der Waals surface area contributed by atoms with E-state index in [9.17, 15) is 14.4 Å². The van der Waals surface area contributed by atoms with Crippen molar-refractivity contribution < 1.29 is 23.9 Å². The Labute approximate surface area is 155 Å². The zero-order valence-corrected chi connectivity index (χ0v) is 14.4. The van der Waals surface area contributed by atoms with Crippen LogP contribution >= 0.6 is 0 Å². The summed E-state index contributed by atoms with van der Waals surface area (Å²) in [4.78, 5) is 36.8. The number of amides is 4. The van der Waals surface area contributed by atoms with Crippen LogP contribution in [0.1, 0.15) is 15.9 Å². The molecule has 27 heavy (non-hydrogen) atoms. The fraction of sp³-hybridized carbons (Fsp3) is 0.211. The molecule has 138 valence electrons. The first kappa shape index (κ1) is 16.9. The number of ether oxygens (including phenoxy) is 2. The molecular weight excluding hydrogens is 350 g/mol. The van der Waals surface area contributed by atoms with E-state index in [4.69, 9.17) is 9.47 Å². The summed E-state index contributed by atoms with van der Waals surface area (Å²) in [6, 6.07) is 11.6. The molecule has 0 spiro atoms. The minimum absolute atomic E-state index is 0.0227. The number of nitrogens with zero attached hydrogens (tertiary/aromatic N) is 1. The SMILES string of the molecule is O=C(Nc1ccc2c(c1)OCCO2)c1ccc(CN2C(=O)CNC2=O)cc1. The van der Waals surface area contributed by atoms with Crippen LogP contribution in [0.2, 0.25) is 0 Å². The van der Waals surface area contributed by atoms with Gasteiger partial charge in [-0.25, -0.2) is 4.79 Å². The molecule has 0 aliphatic carbocycles. The van der Waals surface area contributed by atoms with Gasteiger partial charge in [-0.1, -0.05) is 12.1 Å². The number of urea groups is 1. The first-order valence-electron chi connectivity index (χ1n) is 8.48. The van der Waals surface area contributed by atoms with Crippen LogP contribution < -0.4 is 20.1 Å². The lowest BCUT2D eigenvalue weighted by Gasteiger charge is -2.19. The van der Waals surface area contributed by atoms with Gasteiger partial charge in [0.2, 0.25) is 5.91 Å². The summed E-state index contributed by atoms with van der Waals surface area (Å²) in [6.45, 7) is 1.18. The summed E-state index contributed by atoms with van der Waals surface area (Å²) in [5.41, 5.74) is 1.83. The Morgan fingerprint density at radius 1 is 1.04 bits per heavy atom. The Morgan fingerprint density at radius 3 is 2.48 bits per heavy atom. The zero-order valence-electron chi connectivity index (χ0n) is 14.4. The van der Waals surface area contributed by atoms with E-state index in [-0.39, 0.29) is 24.9 Å². The summed E-state index contributed by atoms with van der Waals surface area (Å²) < 4.78 is 11.0. The summed E-state index contributed by atoms with van der Waals surface area (Å²) in [5.74, 6) is 0.723. The van der Waals surface area contributed by atoms with Crippen LogP contribution in [-0.2, 0) is 11.3 Å². The van der Waals surface area contributed by atoms with Crippen molar-refractivity contribution in [2.24, 2.45) is 0 Å². The molecule has 8 heteroatoms. The van der Waals surface area contributed by atoms with Gasteiger partial charge in [0, 0.05) is 17.3 Å². The molecule has 1 saturated heterocycles. The number of carbonyl (C=O) groups excluding carboxylic acids is 3. The van der Waals surface area contributed by atoms with Gasteiger partial charge in [0.15, 0.2) is 11.5 Å². The first-order valence-corrected chi connectivity index (χ1v) is 8.48. The molecule has 1 fully saturated rings. The molecule has 0 atom stereocenters. The van der Waals surface area contributed by atoms with Gasteiger partial charge >= 0.3 is 6.03 Å². The Bertz CT molecular complexity index is 894. The first-order chi connectivity index (χ1) is 13.1. The summed E-state index contributed by atoms with van der Waals surface area (Å²) >= 11 is 0. The van der Waals surface area contributed by atoms with E-state index in [1.807, 2.05) is 0 Å². The molecule has 2 aliphatic rings. The molecule has 2 aromatic carbocycles. The molecule has 0 aromatic heterocycles. The average molecular weight is 367 g/mol. The van der Waals surface area contributed by atoms with Gasteiger partial charge in [0.05, 0.1) is 13.1 Å². The van der Waals surface area contributed by atoms with Crippen LogP contribution in [0.15, 0.2) is 42.5 Å². The molecule has 0 unspecified atom stereocenters. The summed E-state index contributed by atoms with van der Waals surface area (Å²) in [5, 5.41) is 5.28. The lowest BCUT2D eigenvalue weighted by Crippen LogP contribution is -2.30. The molecule has 0 saturated carbocycles. The number of hydrogen-bond acceptors (Lipinski definition) is 5. The standard InChI is InChI=1S/C19H17N3O5/c23-17-10-20-19(25)22(17)11-12-1-3-13(4-2-12)18(24)21-14-5-6-15-16(9-14)27-8-7-26-15/h1-6,9H,7-8,10-11H2,(H,20,25)(H,21,24). The predicted molar refractivity (Wildman–Crippen MR) is 95.8 cm³/mol. The topological polar surface area (TPSA) is 97.0 Å². The van der Waals surface area contributed by atoms with Crippen molar-refractivity contribution in [3.05, 3.63) is 53.6 Å². The Kier molecular flexibility index (Phi) is 4.37. The fourth-order valence-electron chi connectivity index (χ4n) is 2.88. The van der Waals surface area contributed by atoms with E-state index in [0.717, 1.165) is 10.5 Å². The third-order valence-electron chi connectivity index (χ3n) is 4.29. The van der Waals surface area contributed by atoms with E-state index in [1.165, 1.54) is 0 Å². The van der Waals surface area contributed by atoms with Crippen molar-refractivity contribution in [3.8, 4) is 11.5 Å². The molecule has 4 amide bonds. The maximum atomic E-state index is 12.4. The highest BCUT2D eigenvalue weighted by Gasteiger charge is 2.28. The smallest absolute Gasteiger partial charge is 0.324 e. The van der Waals surface area contributed by atoms with Gasteiger partial charge in [0.25, 0.3) is 5.91 Å². The number of rotatable bonds is 4. The number of fused-ring (bicyclic) bond motifs is 1. The minimum atomic E-state index is -0.402. The van der Waals surface area contributed by atoms with Gasteiger partial charge in [-0.2, -0.15) is 0 Å². The largest absolute Gasteiger partial charge is 0.486 e. The average Bonchev–Trinajstić information content (AvgIpc) is 3.00. The van der Waals surface area contributed by atoms with Crippen LogP contribution in [0, 0.1) is 0 Å². The maximum Gasteiger partial charge on any atom is 0.324 e. The molecule has 2 heterocycles. The van der Waals surface area contributed by atoms with Crippen molar-refractivity contribution in [1.82, 2.24) is 10.2 Å².